The number of hydrogen-bond acceptors (Lipinski definition) is 2. The van der Waals surface area contributed by atoms with Gasteiger partial charge in [-0.3, -0.25) is 9.48 Å². The lowest BCUT2D eigenvalue weighted by Crippen LogP contribution is -2.12. The van der Waals surface area contributed by atoms with Gasteiger partial charge in [0, 0.05) is 18.9 Å². The van der Waals surface area contributed by atoms with Crippen LogP contribution in [0.2, 0.25) is 0 Å². The molecule has 0 aliphatic heterocycles. The Bertz CT molecular complexity index is 496. The predicted molar refractivity (Wildman–Crippen MR) is 78.0 cm³/mol. The van der Waals surface area contributed by atoms with E-state index in [2.05, 4.69) is 28.0 Å². The van der Waals surface area contributed by atoms with Gasteiger partial charge in [0.2, 0.25) is 0 Å². The number of halogens is 1. The Morgan fingerprint density at radius 3 is 2.58 bits per heavy atom. The maximum atomic E-state index is 12.5. The first-order valence-corrected chi connectivity index (χ1v) is 8.17. The Kier molecular flexibility index (Phi) is 3.54. The summed E-state index contributed by atoms with van der Waals surface area (Å²) in [6.07, 6.45) is 5.73. The van der Waals surface area contributed by atoms with E-state index in [1.807, 2.05) is 11.6 Å². The molecule has 0 bridgehead atoms. The lowest BCUT2D eigenvalue weighted by molar-refractivity contribution is -0.120. The first-order valence-electron chi connectivity index (χ1n) is 7.38. The van der Waals surface area contributed by atoms with Crippen molar-refractivity contribution in [1.29, 1.82) is 0 Å². The van der Waals surface area contributed by atoms with Gasteiger partial charge in [-0.1, -0.05) is 12.8 Å². The van der Waals surface area contributed by atoms with Crippen LogP contribution in [0.15, 0.2) is 4.47 Å². The van der Waals surface area contributed by atoms with Crippen LogP contribution in [0.25, 0.3) is 0 Å². The van der Waals surface area contributed by atoms with Gasteiger partial charge in [-0.2, -0.15) is 5.10 Å². The smallest absolute Gasteiger partial charge is 0.142 e. The number of ketones is 1. The first-order chi connectivity index (χ1) is 9.13. The van der Waals surface area contributed by atoms with E-state index in [4.69, 9.17) is 0 Å². The summed E-state index contributed by atoms with van der Waals surface area (Å²) in [4.78, 5) is 12.5. The van der Waals surface area contributed by atoms with Gasteiger partial charge in [-0.25, -0.2) is 0 Å². The van der Waals surface area contributed by atoms with Gasteiger partial charge in [0.1, 0.15) is 5.78 Å². The van der Waals surface area contributed by atoms with Crippen LogP contribution in [0, 0.1) is 24.7 Å². The van der Waals surface area contributed by atoms with Crippen LogP contribution in [0.5, 0.6) is 0 Å². The Morgan fingerprint density at radius 1 is 1.37 bits per heavy atom. The molecular weight excluding hydrogens is 304 g/mol. The average Bonchev–Trinajstić information content (AvgIpc) is 3.09. The maximum Gasteiger partial charge on any atom is 0.142 e. The van der Waals surface area contributed by atoms with Gasteiger partial charge >= 0.3 is 0 Å². The van der Waals surface area contributed by atoms with E-state index in [1.54, 1.807) is 0 Å². The second-order valence-corrected chi connectivity index (χ2v) is 6.74. The molecule has 2 saturated carbocycles. The van der Waals surface area contributed by atoms with E-state index < -0.39 is 0 Å². The lowest BCUT2D eigenvalue weighted by atomic mass is 10.0. The second kappa shape index (κ2) is 5.04. The third-order valence-corrected chi connectivity index (χ3v) is 5.85. The molecule has 0 saturated heterocycles. The lowest BCUT2D eigenvalue weighted by Gasteiger charge is -2.04. The molecule has 4 heteroatoms. The largest absolute Gasteiger partial charge is 0.299 e. The van der Waals surface area contributed by atoms with Gasteiger partial charge in [-0.05, 0) is 54.5 Å². The van der Waals surface area contributed by atoms with E-state index in [0.29, 0.717) is 30.0 Å². The highest BCUT2D eigenvalue weighted by atomic mass is 79.9. The van der Waals surface area contributed by atoms with E-state index in [-0.39, 0.29) is 0 Å². The van der Waals surface area contributed by atoms with Crippen LogP contribution in [0.3, 0.4) is 0 Å². The summed E-state index contributed by atoms with van der Waals surface area (Å²) in [5.74, 6) is 2.21. The molecule has 0 spiro atoms. The third kappa shape index (κ3) is 2.28. The third-order valence-electron chi connectivity index (χ3n) is 4.82. The highest BCUT2D eigenvalue weighted by Crippen LogP contribution is 2.56. The summed E-state index contributed by atoms with van der Waals surface area (Å²) in [5, 5.41) is 4.47. The molecule has 104 valence electrons. The maximum absolute atomic E-state index is 12.5. The van der Waals surface area contributed by atoms with Crippen LogP contribution >= 0.6 is 15.9 Å². The molecule has 1 aromatic rings. The molecule has 3 nitrogen and oxygen atoms in total. The molecule has 1 aromatic heterocycles. The van der Waals surface area contributed by atoms with Gasteiger partial charge in [0.15, 0.2) is 0 Å². The van der Waals surface area contributed by atoms with Crippen LogP contribution in [0.4, 0.5) is 0 Å². The van der Waals surface area contributed by atoms with Crippen molar-refractivity contribution in [2.75, 3.05) is 0 Å². The van der Waals surface area contributed by atoms with Crippen LogP contribution < -0.4 is 0 Å². The molecule has 0 radical (unpaired) electrons. The second-order valence-electron chi connectivity index (χ2n) is 5.94. The first kappa shape index (κ1) is 13.3. The van der Waals surface area contributed by atoms with Crippen molar-refractivity contribution in [2.45, 2.75) is 52.5 Å². The summed E-state index contributed by atoms with van der Waals surface area (Å²) >= 11 is 3.58. The number of aryl methyl sites for hydroxylation is 2. The minimum Gasteiger partial charge on any atom is -0.299 e. The monoisotopic (exact) mass is 324 g/mol. The zero-order valence-corrected chi connectivity index (χ0v) is 13.2. The summed E-state index contributed by atoms with van der Waals surface area (Å²) in [6, 6.07) is 0. The van der Waals surface area contributed by atoms with E-state index in [1.165, 1.54) is 25.7 Å². The standard InChI is InChI=1S/C15H21BrN2O/c1-3-18-12(15(16)9(2)17-18)8-13(19)14-10-6-4-5-7-11(10)14/h10-11,14H,3-8H2,1-2H3. The number of nitrogens with zero attached hydrogens (tertiary/aromatic N) is 2. The zero-order valence-electron chi connectivity index (χ0n) is 11.7. The highest BCUT2D eigenvalue weighted by molar-refractivity contribution is 9.10. The van der Waals surface area contributed by atoms with Crippen LogP contribution in [-0.4, -0.2) is 15.6 Å². The highest BCUT2D eigenvalue weighted by Gasteiger charge is 2.54. The van der Waals surface area contributed by atoms with Crippen molar-refractivity contribution in [1.82, 2.24) is 9.78 Å². The van der Waals surface area contributed by atoms with E-state index in [9.17, 15) is 4.79 Å². The minimum atomic E-state index is 0.356. The molecule has 19 heavy (non-hydrogen) atoms. The number of fused-ring (bicyclic) bond motifs is 1. The van der Waals surface area contributed by atoms with Gasteiger partial charge in [-0.15, -0.1) is 0 Å². The molecule has 2 aliphatic rings. The zero-order chi connectivity index (χ0) is 13.6. The number of Topliss-reactive ketones (excluding diaryl/α,β-unsaturated/α-hetero) is 1. The molecule has 2 atom stereocenters. The van der Waals surface area contributed by atoms with Crippen molar-refractivity contribution in [3.05, 3.63) is 15.9 Å². The van der Waals surface area contributed by atoms with Crippen molar-refractivity contribution >= 4 is 21.7 Å². The van der Waals surface area contributed by atoms with Crippen LogP contribution in [0.1, 0.15) is 44.0 Å². The quantitative estimate of drug-likeness (QED) is 0.849. The molecule has 0 N–H and O–H groups in total. The molecule has 0 amide bonds. The number of rotatable bonds is 4. The molecule has 2 fully saturated rings. The number of hydrogen-bond donors (Lipinski definition) is 0. The molecule has 1 heterocycles. The fourth-order valence-electron chi connectivity index (χ4n) is 3.79. The average molecular weight is 325 g/mol. The fraction of sp³-hybridized carbons (Fsp3) is 0.733. The Morgan fingerprint density at radius 2 is 2.00 bits per heavy atom. The van der Waals surface area contributed by atoms with E-state index in [0.717, 1.165) is 22.4 Å². The van der Waals surface area contributed by atoms with E-state index >= 15 is 0 Å². The van der Waals surface area contributed by atoms with Crippen molar-refractivity contribution in [2.24, 2.45) is 17.8 Å². The summed E-state index contributed by atoms with van der Waals surface area (Å²) in [7, 11) is 0. The predicted octanol–water partition coefficient (Wildman–Crippen LogP) is 3.52. The van der Waals surface area contributed by atoms with Crippen LogP contribution in [-0.2, 0) is 17.8 Å². The summed E-state index contributed by atoms with van der Waals surface area (Å²) in [6.45, 7) is 4.89. The normalized spacial score (nSPS) is 29.1. The number of carbonyl (C=O) groups is 1. The van der Waals surface area contributed by atoms with Gasteiger partial charge < -0.3 is 0 Å². The minimum absolute atomic E-state index is 0.356. The van der Waals surface area contributed by atoms with Crippen molar-refractivity contribution in [3.8, 4) is 0 Å². The van der Waals surface area contributed by atoms with Crippen molar-refractivity contribution < 1.29 is 4.79 Å². The number of aromatic nitrogens is 2. The Hall–Kier alpha value is -0.640. The SMILES string of the molecule is CCn1nc(C)c(Br)c1CC(=O)C1C2CCCCC21. The topological polar surface area (TPSA) is 34.9 Å². The van der Waals surface area contributed by atoms with Gasteiger partial charge in [0.05, 0.1) is 15.9 Å². The van der Waals surface area contributed by atoms with Crippen molar-refractivity contribution in [3.63, 3.8) is 0 Å². The molecular formula is C15H21BrN2O. The Balaban J connectivity index is 1.73. The molecule has 3 rings (SSSR count). The summed E-state index contributed by atoms with van der Waals surface area (Å²) in [5.41, 5.74) is 2.05. The van der Waals surface area contributed by atoms with Gasteiger partial charge in [0.25, 0.3) is 0 Å². The fourth-order valence-corrected chi connectivity index (χ4v) is 4.21. The molecule has 2 aliphatic carbocycles. The summed E-state index contributed by atoms with van der Waals surface area (Å²) < 4.78 is 2.98. The molecule has 2 unspecified atom stereocenters. The number of carbonyl (C=O) groups excluding carboxylic acids is 1. The Labute approximate surface area is 122 Å². The molecule has 0 aromatic carbocycles.